The number of hydrogen-bond donors (Lipinski definition) is 3. The lowest BCUT2D eigenvalue weighted by molar-refractivity contribution is -0.114. The van der Waals surface area contributed by atoms with Crippen molar-refractivity contribution in [1.82, 2.24) is 5.32 Å². The van der Waals surface area contributed by atoms with Gasteiger partial charge in [0.15, 0.2) is 0 Å². The van der Waals surface area contributed by atoms with Crippen LogP contribution < -0.4 is 5.32 Å². The summed E-state index contributed by atoms with van der Waals surface area (Å²) in [6.45, 7) is 0. The Labute approximate surface area is 79.9 Å². The van der Waals surface area contributed by atoms with Gasteiger partial charge in [0.1, 0.15) is 11.9 Å². The highest BCUT2D eigenvalue weighted by Gasteiger charge is 2.14. The van der Waals surface area contributed by atoms with E-state index in [1.54, 1.807) is 24.3 Å². The third-order valence-corrected chi connectivity index (χ3v) is 1.59. The summed E-state index contributed by atoms with van der Waals surface area (Å²) >= 11 is 0. The molecule has 3 N–H and O–H groups in total. The molecule has 0 fully saturated rings. The van der Waals surface area contributed by atoms with E-state index in [1.165, 1.54) is 0 Å². The number of rotatable bonds is 2. The maximum Gasteiger partial charge on any atom is 0.266 e. The maximum absolute atomic E-state index is 11.0. The van der Waals surface area contributed by atoms with Crippen LogP contribution in [0.15, 0.2) is 34.6 Å². The Balaban J connectivity index is 2.64. The highest BCUT2D eigenvalue weighted by molar-refractivity contribution is 6.27. The largest absolute Gasteiger partial charge is 0.411 e. The van der Waals surface area contributed by atoms with Crippen molar-refractivity contribution in [2.75, 3.05) is 0 Å². The van der Waals surface area contributed by atoms with E-state index in [1.807, 2.05) is 0 Å². The molecule has 0 heterocycles. The Morgan fingerprint density at radius 2 is 2.29 bits per heavy atom. The first-order valence-corrected chi connectivity index (χ1v) is 3.82. The van der Waals surface area contributed by atoms with Crippen molar-refractivity contribution >= 4 is 17.8 Å². The molecule has 0 aliphatic heterocycles. The van der Waals surface area contributed by atoms with E-state index >= 15 is 0 Å². The molecule has 0 aromatic rings. The average molecular weight is 195 g/mol. The predicted octanol–water partition coefficient (Wildman–Crippen LogP) is -0.113. The second kappa shape index (κ2) is 4.80. The molecule has 1 atom stereocenters. The van der Waals surface area contributed by atoms with Gasteiger partial charge < -0.3 is 15.7 Å². The van der Waals surface area contributed by atoms with Gasteiger partial charge in [-0.2, -0.15) is 0 Å². The van der Waals surface area contributed by atoms with Crippen LogP contribution in [0.3, 0.4) is 0 Å². The summed E-state index contributed by atoms with van der Waals surface area (Å²) < 4.78 is 0. The number of carbonyl (C=O) groups is 1. The van der Waals surface area contributed by atoms with E-state index < -0.39 is 11.9 Å². The average Bonchev–Trinajstić information content (AvgIpc) is 2.19. The Bertz CT molecular complexity index is 331. The van der Waals surface area contributed by atoms with Gasteiger partial charge in [0.05, 0.1) is 6.04 Å². The Kier molecular flexibility index (Phi) is 3.42. The van der Waals surface area contributed by atoms with Gasteiger partial charge >= 0.3 is 0 Å². The number of carbonyl (C=O) groups excluding carboxylic acids is 1. The first-order valence-electron chi connectivity index (χ1n) is 3.82. The third-order valence-electron chi connectivity index (χ3n) is 1.59. The summed E-state index contributed by atoms with van der Waals surface area (Å²) in [6, 6.07) is -0.504. The molecular weight excluding hydrogens is 186 g/mol. The molecule has 0 aromatic heterocycles. The molecule has 14 heavy (non-hydrogen) atoms. The molecule has 0 saturated carbocycles. The number of nitrogens with zero attached hydrogens (tertiary/aromatic N) is 2. The minimum Gasteiger partial charge on any atom is -0.411 e. The van der Waals surface area contributed by atoms with Crippen molar-refractivity contribution in [3.63, 3.8) is 0 Å². The van der Waals surface area contributed by atoms with Crippen LogP contribution in [0, 0.1) is 0 Å². The van der Waals surface area contributed by atoms with Gasteiger partial charge in [0, 0.05) is 0 Å². The van der Waals surface area contributed by atoms with Crippen molar-refractivity contribution in [2.45, 2.75) is 6.04 Å². The van der Waals surface area contributed by atoms with Crippen molar-refractivity contribution < 1.29 is 15.2 Å². The Hall–Kier alpha value is -2.11. The number of allylic oxidation sites excluding steroid dienone is 2. The summed E-state index contributed by atoms with van der Waals surface area (Å²) in [7, 11) is 0. The number of amides is 1. The van der Waals surface area contributed by atoms with Crippen molar-refractivity contribution in [3.8, 4) is 0 Å². The molecule has 1 aliphatic carbocycles. The summed E-state index contributed by atoms with van der Waals surface area (Å²) in [4.78, 5) is 11.0. The quantitative estimate of drug-likeness (QED) is 0.326. The summed E-state index contributed by atoms with van der Waals surface area (Å²) in [5, 5.41) is 24.7. The van der Waals surface area contributed by atoms with Crippen LogP contribution in [-0.2, 0) is 4.79 Å². The van der Waals surface area contributed by atoms with E-state index in [-0.39, 0.29) is 0 Å². The molecule has 0 radical (unpaired) electrons. The number of nitrogens with one attached hydrogen (secondary N) is 1. The molecular formula is C8H9N3O3. The monoisotopic (exact) mass is 195 g/mol. The second-order valence-electron chi connectivity index (χ2n) is 2.50. The van der Waals surface area contributed by atoms with Crippen LogP contribution in [0.4, 0.5) is 0 Å². The molecule has 1 aliphatic rings. The fraction of sp³-hybridized carbons (Fsp3) is 0.125. The topological polar surface area (TPSA) is 94.3 Å². The van der Waals surface area contributed by atoms with E-state index in [9.17, 15) is 4.79 Å². The Morgan fingerprint density at radius 3 is 2.93 bits per heavy atom. The molecule has 0 aromatic carbocycles. The molecule has 1 rings (SSSR count). The summed E-state index contributed by atoms with van der Waals surface area (Å²) in [6.07, 6.45) is 7.30. The maximum atomic E-state index is 11.0. The second-order valence-corrected chi connectivity index (χ2v) is 2.50. The van der Waals surface area contributed by atoms with Gasteiger partial charge in [-0.3, -0.25) is 4.79 Å². The lowest BCUT2D eigenvalue weighted by atomic mass is 10.1. The van der Waals surface area contributed by atoms with Crippen LogP contribution in [0.1, 0.15) is 0 Å². The zero-order valence-electron chi connectivity index (χ0n) is 7.16. The van der Waals surface area contributed by atoms with Gasteiger partial charge in [-0.05, 0) is 6.08 Å². The minimum atomic E-state index is -0.571. The molecule has 0 saturated heterocycles. The van der Waals surface area contributed by atoms with E-state index in [2.05, 4.69) is 15.6 Å². The van der Waals surface area contributed by atoms with Gasteiger partial charge in [-0.15, -0.1) is 0 Å². The van der Waals surface area contributed by atoms with Gasteiger partial charge in [0.25, 0.3) is 5.91 Å². The minimum absolute atomic E-state index is 0.312. The van der Waals surface area contributed by atoms with Crippen LogP contribution in [0.25, 0.3) is 0 Å². The predicted molar refractivity (Wildman–Crippen MR) is 49.7 cm³/mol. The SMILES string of the molecule is O=C(C=NO)NC1C=CC=CC1=NO. The molecule has 0 spiro atoms. The molecule has 6 heteroatoms. The molecule has 0 bridgehead atoms. The fourth-order valence-electron chi connectivity index (χ4n) is 0.992. The number of oxime groups is 2. The first kappa shape index (κ1) is 9.97. The van der Waals surface area contributed by atoms with Crippen LogP contribution in [-0.4, -0.2) is 34.3 Å². The zero-order valence-corrected chi connectivity index (χ0v) is 7.16. The van der Waals surface area contributed by atoms with Gasteiger partial charge in [0.2, 0.25) is 0 Å². The van der Waals surface area contributed by atoms with E-state index in [4.69, 9.17) is 10.4 Å². The van der Waals surface area contributed by atoms with Crippen molar-refractivity contribution in [1.29, 1.82) is 0 Å². The zero-order chi connectivity index (χ0) is 10.4. The number of hydrogen-bond acceptors (Lipinski definition) is 5. The van der Waals surface area contributed by atoms with Crippen LogP contribution in [0.5, 0.6) is 0 Å². The van der Waals surface area contributed by atoms with Gasteiger partial charge in [-0.25, -0.2) is 0 Å². The van der Waals surface area contributed by atoms with E-state index in [0.29, 0.717) is 5.71 Å². The molecule has 6 nitrogen and oxygen atoms in total. The molecule has 1 amide bonds. The fourth-order valence-corrected chi connectivity index (χ4v) is 0.992. The molecule has 1 unspecified atom stereocenters. The molecule has 74 valence electrons. The summed E-state index contributed by atoms with van der Waals surface area (Å²) in [5.74, 6) is -0.571. The highest BCUT2D eigenvalue weighted by Crippen LogP contribution is 2.00. The lowest BCUT2D eigenvalue weighted by Crippen LogP contribution is -2.40. The standard InChI is InChI=1S/C8H9N3O3/c12-8(5-9-13)10-6-3-1-2-4-7(6)11-14/h1-6,13-14H,(H,10,12). The normalized spacial score (nSPS) is 23.1. The van der Waals surface area contributed by atoms with Crippen molar-refractivity contribution in [2.24, 2.45) is 10.3 Å². The smallest absolute Gasteiger partial charge is 0.266 e. The first-order chi connectivity index (χ1) is 6.77. The third kappa shape index (κ3) is 2.44. The van der Waals surface area contributed by atoms with Crippen LogP contribution in [0.2, 0.25) is 0 Å². The van der Waals surface area contributed by atoms with Gasteiger partial charge in [-0.1, -0.05) is 28.5 Å². The van der Waals surface area contributed by atoms with Crippen molar-refractivity contribution in [3.05, 3.63) is 24.3 Å². The van der Waals surface area contributed by atoms with Crippen LogP contribution >= 0.6 is 0 Å². The summed E-state index contributed by atoms with van der Waals surface area (Å²) in [5.41, 5.74) is 0.312. The lowest BCUT2D eigenvalue weighted by Gasteiger charge is -2.14. The Morgan fingerprint density at radius 1 is 1.50 bits per heavy atom. The highest BCUT2D eigenvalue weighted by atomic mass is 16.4. The van der Waals surface area contributed by atoms with E-state index in [0.717, 1.165) is 6.21 Å².